The van der Waals surface area contributed by atoms with Crippen molar-refractivity contribution in [1.82, 2.24) is 14.5 Å². The van der Waals surface area contributed by atoms with Gasteiger partial charge in [-0.05, 0) is 12.1 Å². The molecule has 0 bridgehead atoms. The van der Waals surface area contributed by atoms with Crippen molar-refractivity contribution in [3.8, 4) is 0 Å². The molecule has 2 heterocycles. The first-order chi connectivity index (χ1) is 10.3. The molecule has 0 saturated carbocycles. The maximum atomic E-state index is 13.9. The molecule has 1 saturated heterocycles. The summed E-state index contributed by atoms with van der Waals surface area (Å²) in [6.45, 7) is 4.10. The van der Waals surface area contributed by atoms with Gasteiger partial charge in [-0.3, -0.25) is 4.90 Å². The largest absolute Gasteiger partial charge is 0.327 e. The molecule has 3 rings (SSSR count). The number of rotatable bonds is 5. The van der Waals surface area contributed by atoms with Crippen LogP contribution in [-0.2, 0) is 13.0 Å². The molecule has 2 aromatic rings. The van der Waals surface area contributed by atoms with E-state index in [0.29, 0.717) is 17.8 Å². The second-order valence-corrected chi connectivity index (χ2v) is 6.78. The van der Waals surface area contributed by atoms with Gasteiger partial charge in [0.2, 0.25) is 0 Å². The zero-order valence-corrected chi connectivity index (χ0v) is 13.5. The summed E-state index contributed by atoms with van der Waals surface area (Å²) in [5.74, 6) is 3.54. The fourth-order valence-electron chi connectivity index (χ4n) is 2.75. The van der Waals surface area contributed by atoms with Gasteiger partial charge < -0.3 is 4.57 Å². The molecule has 0 spiro atoms. The Hall–Kier alpha value is -0.780. The number of benzene rings is 1. The van der Waals surface area contributed by atoms with E-state index in [-0.39, 0.29) is 5.82 Å². The first-order valence-electron chi connectivity index (χ1n) is 7.29. The molecule has 114 valence electrons. The molecule has 0 unspecified atom stereocenters. The molecule has 21 heavy (non-hydrogen) atoms. The molecule has 3 nitrogen and oxygen atoms in total. The lowest BCUT2D eigenvalue weighted by molar-refractivity contribution is 0.289. The maximum absolute atomic E-state index is 13.9. The summed E-state index contributed by atoms with van der Waals surface area (Å²) in [7, 11) is 0. The van der Waals surface area contributed by atoms with E-state index in [9.17, 15) is 4.39 Å². The number of hydrogen-bond acceptors (Lipinski definition) is 3. The second kappa shape index (κ2) is 6.99. The van der Waals surface area contributed by atoms with Crippen LogP contribution in [0.1, 0.15) is 5.82 Å². The zero-order valence-electron chi connectivity index (χ0n) is 11.9. The van der Waals surface area contributed by atoms with Crippen LogP contribution in [-0.4, -0.2) is 51.5 Å². The van der Waals surface area contributed by atoms with Gasteiger partial charge in [0.25, 0.3) is 0 Å². The van der Waals surface area contributed by atoms with Crippen molar-refractivity contribution in [3.63, 3.8) is 0 Å². The molecule has 1 aliphatic heterocycles. The van der Waals surface area contributed by atoms with Crippen molar-refractivity contribution >= 4 is 34.4 Å². The highest BCUT2D eigenvalue weighted by atomic mass is 35.5. The summed E-state index contributed by atoms with van der Waals surface area (Å²) in [6.07, 6.45) is 0.672. The van der Waals surface area contributed by atoms with Crippen molar-refractivity contribution in [2.24, 2.45) is 0 Å². The van der Waals surface area contributed by atoms with Gasteiger partial charge in [-0.2, -0.15) is 11.8 Å². The third kappa shape index (κ3) is 3.35. The van der Waals surface area contributed by atoms with Crippen molar-refractivity contribution in [3.05, 3.63) is 29.8 Å². The Kier molecular flexibility index (Phi) is 5.03. The molecule has 0 aliphatic carbocycles. The molecule has 1 aromatic carbocycles. The van der Waals surface area contributed by atoms with Gasteiger partial charge in [0, 0.05) is 50.0 Å². The average molecular weight is 328 g/mol. The molecule has 1 aromatic heterocycles. The SMILES string of the molecule is Fc1cccc2c1nc(CCCl)n2CCN1CCSCC1. The minimum atomic E-state index is -0.253. The van der Waals surface area contributed by atoms with Crippen LogP contribution in [0.3, 0.4) is 0 Å². The third-order valence-electron chi connectivity index (χ3n) is 3.87. The fraction of sp³-hybridized carbons (Fsp3) is 0.533. The molecular weight excluding hydrogens is 309 g/mol. The monoisotopic (exact) mass is 327 g/mol. The standard InChI is InChI=1S/C15H19ClFN3S/c16-5-4-14-18-15-12(17)2-1-3-13(15)20(14)7-6-19-8-10-21-11-9-19/h1-3H,4-11H2. The van der Waals surface area contributed by atoms with Crippen LogP contribution in [0.15, 0.2) is 18.2 Å². The lowest BCUT2D eigenvalue weighted by Crippen LogP contribution is -2.35. The number of aromatic nitrogens is 2. The lowest BCUT2D eigenvalue weighted by atomic mass is 10.3. The van der Waals surface area contributed by atoms with Crippen LogP contribution in [0, 0.1) is 5.82 Å². The molecule has 0 atom stereocenters. The second-order valence-electron chi connectivity index (χ2n) is 5.18. The zero-order chi connectivity index (χ0) is 14.7. The number of thioether (sulfide) groups is 1. The number of aryl methyl sites for hydroxylation is 1. The minimum Gasteiger partial charge on any atom is -0.327 e. The summed E-state index contributed by atoms with van der Waals surface area (Å²) in [4.78, 5) is 6.91. The molecule has 0 radical (unpaired) electrons. The van der Waals surface area contributed by atoms with E-state index in [1.165, 1.54) is 17.6 Å². The smallest absolute Gasteiger partial charge is 0.151 e. The van der Waals surface area contributed by atoms with Crippen molar-refractivity contribution in [1.29, 1.82) is 0 Å². The number of alkyl halides is 1. The number of hydrogen-bond donors (Lipinski definition) is 0. The Morgan fingerprint density at radius 1 is 1.24 bits per heavy atom. The summed E-state index contributed by atoms with van der Waals surface area (Å²) in [6, 6.07) is 5.15. The summed E-state index contributed by atoms with van der Waals surface area (Å²) < 4.78 is 16.0. The van der Waals surface area contributed by atoms with Crippen LogP contribution >= 0.6 is 23.4 Å². The highest BCUT2D eigenvalue weighted by molar-refractivity contribution is 7.99. The summed E-state index contributed by atoms with van der Waals surface area (Å²) >= 11 is 7.87. The number of imidazole rings is 1. The molecular formula is C15H19ClFN3S. The lowest BCUT2D eigenvalue weighted by Gasteiger charge is -2.26. The van der Waals surface area contributed by atoms with Gasteiger partial charge in [-0.15, -0.1) is 11.6 Å². The third-order valence-corrected chi connectivity index (χ3v) is 5.00. The van der Waals surface area contributed by atoms with E-state index in [4.69, 9.17) is 11.6 Å². The molecule has 0 N–H and O–H groups in total. The number of para-hydroxylation sites is 1. The molecule has 1 aliphatic rings. The molecule has 1 fully saturated rings. The predicted octanol–water partition coefficient (Wildman–Crippen LogP) is 3.01. The van der Waals surface area contributed by atoms with E-state index in [1.54, 1.807) is 6.07 Å². The quantitative estimate of drug-likeness (QED) is 0.788. The van der Waals surface area contributed by atoms with Gasteiger partial charge >= 0.3 is 0 Å². The Morgan fingerprint density at radius 3 is 2.81 bits per heavy atom. The number of halogens is 2. The van der Waals surface area contributed by atoms with Gasteiger partial charge in [-0.1, -0.05) is 6.07 Å². The van der Waals surface area contributed by atoms with Crippen LogP contribution in [0.25, 0.3) is 11.0 Å². The van der Waals surface area contributed by atoms with Crippen LogP contribution < -0.4 is 0 Å². The number of nitrogens with zero attached hydrogens (tertiary/aromatic N) is 3. The van der Waals surface area contributed by atoms with Gasteiger partial charge in [-0.25, -0.2) is 9.37 Å². The Bertz CT molecular complexity index is 610. The molecule has 6 heteroatoms. The molecule has 0 amide bonds. The maximum Gasteiger partial charge on any atom is 0.151 e. The first kappa shape index (κ1) is 15.1. The fourth-order valence-corrected chi connectivity index (χ4v) is 3.90. The summed E-state index contributed by atoms with van der Waals surface area (Å²) in [5, 5.41) is 0. The Balaban J connectivity index is 1.84. The first-order valence-corrected chi connectivity index (χ1v) is 8.98. The van der Waals surface area contributed by atoms with E-state index in [0.717, 1.165) is 37.5 Å². The van der Waals surface area contributed by atoms with E-state index in [2.05, 4.69) is 14.5 Å². The van der Waals surface area contributed by atoms with Crippen molar-refractivity contribution < 1.29 is 4.39 Å². The van der Waals surface area contributed by atoms with Crippen LogP contribution in [0.4, 0.5) is 4.39 Å². The van der Waals surface area contributed by atoms with Crippen molar-refractivity contribution in [2.45, 2.75) is 13.0 Å². The number of fused-ring (bicyclic) bond motifs is 1. The predicted molar refractivity (Wildman–Crippen MR) is 87.9 cm³/mol. The van der Waals surface area contributed by atoms with Crippen molar-refractivity contribution in [2.75, 3.05) is 37.0 Å². The average Bonchev–Trinajstić information content (AvgIpc) is 2.86. The summed E-state index contributed by atoms with van der Waals surface area (Å²) in [5.41, 5.74) is 1.34. The topological polar surface area (TPSA) is 21.1 Å². The van der Waals surface area contributed by atoms with Crippen LogP contribution in [0.2, 0.25) is 0 Å². The van der Waals surface area contributed by atoms with E-state index in [1.807, 2.05) is 17.8 Å². The van der Waals surface area contributed by atoms with E-state index < -0.39 is 0 Å². The van der Waals surface area contributed by atoms with E-state index >= 15 is 0 Å². The van der Waals surface area contributed by atoms with Gasteiger partial charge in [0.1, 0.15) is 11.3 Å². The van der Waals surface area contributed by atoms with Gasteiger partial charge in [0.15, 0.2) is 5.82 Å². The Morgan fingerprint density at radius 2 is 2.05 bits per heavy atom. The minimum absolute atomic E-state index is 0.253. The highest BCUT2D eigenvalue weighted by Crippen LogP contribution is 2.20. The normalized spacial score (nSPS) is 16.7. The van der Waals surface area contributed by atoms with Crippen LogP contribution in [0.5, 0.6) is 0 Å². The Labute approximate surface area is 133 Å². The van der Waals surface area contributed by atoms with Gasteiger partial charge in [0.05, 0.1) is 5.52 Å². The highest BCUT2D eigenvalue weighted by Gasteiger charge is 2.15.